The molecule has 0 aliphatic heterocycles. The number of anilines is 3. The quantitative estimate of drug-likeness (QED) is 0.182. The predicted octanol–water partition coefficient (Wildman–Crippen LogP) is 13.8. The first-order chi connectivity index (χ1) is 23.4. The highest BCUT2D eigenvalue weighted by atomic mass is 32.1. The van der Waals surface area contributed by atoms with Crippen molar-refractivity contribution < 1.29 is 0 Å². The normalized spacial score (nSPS) is 13.4. The fourth-order valence-corrected chi connectivity index (χ4v) is 9.15. The Hall–Kier alpha value is -5.18. The topological polar surface area (TPSA) is 3.24 Å². The molecular weight excluding hydrogens is 599 g/mol. The molecular formula is C46H37NS. The van der Waals surface area contributed by atoms with Crippen molar-refractivity contribution >= 4 is 59.3 Å². The van der Waals surface area contributed by atoms with Crippen LogP contribution in [0.3, 0.4) is 0 Å². The van der Waals surface area contributed by atoms with Crippen LogP contribution in [0, 0.1) is 0 Å². The maximum atomic E-state index is 2.50. The minimum Gasteiger partial charge on any atom is -0.310 e. The van der Waals surface area contributed by atoms with Crippen LogP contribution in [-0.2, 0) is 5.41 Å². The van der Waals surface area contributed by atoms with E-state index < -0.39 is 0 Å². The number of benzene rings is 7. The van der Waals surface area contributed by atoms with Crippen LogP contribution >= 0.6 is 11.3 Å². The average molecular weight is 636 g/mol. The fraction of sp³-hybridized carbons (Fsp3) is 0.130. The Balaban J connectivity index is 1.34. The molecule has 7 aromatic carbocycles. The molecule has 1 heterocycles. The molecule has 1 aliphatic carbocycles. The molecule has 0 N–H and O–H groups in total. The molecule has 0 atom stereocenters. The molecule has 0 saturated heterocycles. The summed E-state index contributed by atoms with van der Waals surface area (Å²) in [6.07, 6.45) is 0. The van der Waals surface area contributed by atoms with E-state index in [9.17, 15) is 0 Å². The van der Waals surface area contributed by atoms with Gasteiger partial charge in [0.25, 0.3) is 0 Å². The molecule has 0 radical (unpaired) electrons. The maximum absolute atomic E-state index is 2.50. The summed E-state index contributed by atoms with van der Waals surface area (Å²) < 4.78 is 2.64. The molecule has 1 aliphatic rings. The van der Waals surface area contributed by atoms with Gasteiger partial charge in [0.1, 0.15) is 0 Å². The van der Waals surface area contributed by atoms with Crippen LogP contribution in [0.15, 0.2) is 146 Å². The van der Waals surface area contributed by atoms with E-state index in [0.29, 0.717) is 5.92 Å². The van der Waals surface area contributed by atoms with Crippen LogP contribution < -0.4 is 4.90 Å². The third-order valence-corrected chi connectivity index (χ3v) is 11.6. The van der Waals surface area contributed by atoms with Crippen LogP contribution in [0.1, 0.15) is 50.3 Å². The highest BCUT2D eigenvalue weighted by Crippen LogP contribution is 2.54. The summed E-state index contributed by atoms with van der Waals surface area (Å²) in [5, 5.41) is 5.11. The summed E-state index contributed by atoms with van der Waals surface area (Å²) in [4.78, 5) is 2.50. The lowest BCUT2D eigenvalue weighted by Crippen LogP contribution is -2.17. The zero-order valence-corrected chi connectivity index (χ0v) is 28.6. The SMILES string of the molecule is CC(C)c1cccc2c1-c1ccc(N(c3ccc4sc5ccccc5c4c3)c3ccc4ccccc4c3-c3ccccc3)cc1C2(C)C. The lowest BCUT2D eigenvalue weighted by Gasteiger charge is -2.30. The molecule has 0 unspecified atom stereocenters. The van der Waals surface area contributed by atoms with Gasteiger partial charge in [0.2, 0.25) is 0 Å². The Bertz CT molecular complexity index is 2520. The Morgan fingerprint density at radius 1 is 0.542 bits per heavy atom. The zero-order valence-electron chi connectivity index (χ0n) is 27.8. The predicted molar refractivity (Wildman–Crippen MR) is 209 cm³/mol. The van der Waals surface area contributed by atoms with Gasteiger partial charge in [-0.1, -0.05) is 131 Å². The van der Waals surface area contributed by atoms with Gasteiger partial charge in [-0.25, -0.2) is 0 Å². The number of rotatable bonds is 5. The van der Waals surface area contributed by atoms with Crippen molar-refractivity contribution in [3.63, 3.8) is 0 Å². The van der Waals surface area contributed by atoms with Gasteiger partial charge in [-0.05, 0) is 92.5 Å². The smallest absolute Gasteiger partial charge is 0.0546 e. The molecule has 1 aromatic heterocycles. The number of nitrogens with zero attached hydrogens (tertiary/aromatic N) is 1. The molecule has 9 rings (SSSR count). The van der Waals surface area contributed by atoms with Gasteiger partial charge in [0, 0.05) is 42.5 Å². The zero-order chi connectivity index (χ0) is 32.6. The van der Waals surface area contributed by atoms with Crippen molar-refractivity contribution in [1.82, 2.24) is 0 Å². The van der Waals surface area contributed by atoms with E-state index in [2.05, 4.69) is 178 Å². The third-order valence-electron chi connectivity index (χ3n) is 10.4. The lowest BCUT2D eigenvalue weighted by molar-refractivity contribution is 0.659. The Morgan fingerprint density at radius 3 is 2.08 bits per heavy atom. The molecule has 232 valence electrons. The Labute approximate surface area is 286 Å². The standard InChI is InChI=1S/C46H37NS/c1-29(2)34-18-12-19-39-45(34)37-24-22-33(28-40(37)46(39,3)4)47(32-23-26-43-38(27-32)36-17-10-11-20-42(36)48-43)41-25-21-30-13-8-9-16-35(30)44(41)31-14-6-5-7-15-31/h5-29H,1-4H3. The van der Waals surface area contributed by atoms with Gasteiger partial charge in [0.15, 0.2) is 0 Å². The summed E-state index contributed by atoms with van der Waals surface area (Å²) in [6.45, 7) is 9.41. The van der Waals surface area contributed by atoms with E-state index >= 15 is 0 Å². The molecule has 0 fully saturated rings. The van der Waals surface area contributed by atoms with Gasteiger partial charge < -0.3 is 4.90 Å². The van der Waals surface area contributed by atoms with Crippen molar-refractivity contribution in [3.05, 3.63) is 162 Å². The molecule has 0 spiro atoms. The Kier molecular flexibility index (Phi) is 6.61. The molecule has 0 bridgehead atoms. The molecule has 0 amide bonds. The number of hydrogen-bond acceptors (Lipinski definition) is 2. The monoisotopic (exact) mass is 635 g/mol. The number of thiophene rings is 1. The summed E-state index contributed by atoms with van der Waals surface area (Å²) in [5.74, 6) is 0.455. The second-order valence-electron chi connectivity index (χ2n) is 13.9. The second kappa shape index (κ2) is 10.9. The first-order valence-electron chi connectivity index (χ1n) is 17.0. The van der Waals surface area contributed by atoms with Gasteiger partial charge in [-0.3, -0.25) is 0 Å². The van der Waals surface area contributed by atoms with Crippen LogP contribution in [-0.4, -0.2) is 0 Å². The minimum atomic E-state index is -0.115. The van der Waals surface area contributed by atoms with Gasteiger partial charge in [0.05, 0.1) is 5.69 Å². The van der Waals surface area contributed by atoms with Gasteiger partial charge in [-0.15, -0.1) is 11.3 Å². The lowest BCUT2D eigenvalue weighted by atomic mass is 9.81. The van der Waals surface area contributed by atoms with E-state index in [1.807, 2.05) is 11.3 Å². The highest BCUT2D eigenvalue weighted by molar-refractivity contribution is 7.25. The number of fused-ring (bicyclic) bond motifs is 7. The van der Waals surface area contributed by atoms with E-state index in [0.717, 1.165) is 5.69 Å². The van der Waals surface area contributed by atoms with E-state index in [1.165, 1.54) is 81.3 Å². The maximum Gasteiger partial charge on any atom is 0.0546 e. The van der Waals surface area contributed by atoms with Gasteiger partial charge in [-0.2, -0.15) is 0 Å². The first kappa shape index (κ1) is 29.0. The summed E-state index contributed by atoms with van der Waals surface area (Å²) in [5.41, 5.74) is 12.9. The van der Waals surface area contributed by atoms with Crippen LogP contribution in [0.5, 0.6) is 0 Å². The van der Waals surface area contributed by atoms with E-state index in [4.69, 9.17) is 0 Å². The molecule has 48 heavy (non-hydrogen) atoms. The van der Waals surface area contributed by atoms with Crippen molar-refractivity contribution in [3.8, 4) is 22.3 Å². The fourth-order valence-electron chi connectivity index (χ4n) is 8.06. The summed E-state index contributed by atoms with van der Waals surface area (Å²) in [7, 11) is 0. The van der Waals surface area contributed by atoms with Crippen molar-refractivity contribution in [2.45, 2.75) is 39.0 Å². The van der Waals surface area contributed by atoms with Crippen LogP contribution in [0.25, 0.3) is 53.2 Å². The van der Waals surface area contributed by atoms with Crippen LogP contribution in [0.4, 0.5) is 17.1 Å². The van der Waals surface area contributed by atoms with Crippen molar-refractivity contribution in [2.75, 3.05) is 4.90 Å². The molecule has 0 saturated carbocycles. The van der Waals surface area contributed by atoms with E-state index in [1.54, 1.807) is 0 Å². The van der Waals surface area contributed by atoms with Crippen LogP contribution in [0.2, 0.25) is 0 Å². The minimum absolute atomic E-state index is 0.115. The summed E-state index contributed by atoms with van der Waals surface area (Å²) in [6, 6.07) is 54.2. The summed E-state index contributed by atoms with van der Waals surface area (Å²) >= 11 is 1.87. The highest BCUT2D eigenvalue weighted by Gasteiger charge is 2.37. The average Bonchev–Trinajstić information content (AvgIpc) is 3.60. The second-order valence-corrected chi connectivity index (χ2v) is 15.0. The van der Waals surface area contributed by atoms with Crippen molar-refractivity contribution in [2.24, 2.45) is 0 Å². The number of hydrogen-bond donors (Lipinski definition) is 0. The first-order valence-corrected chi connectivity index (χ1v) is 17.8. The third kappa shape index (κ3) is 4.36. The Morgan fingerprint density at radius 2 is 1.25 bits per heavy atom. The molecule has 2 heteroatoms. The molecule has 8 aromatic rings. The van der Waals surface area contributed by atoms with Crippen molar-refractivity contribution in [1.29, 1.82) is 0 Å². The largest absolute Gasteiger partial charge is 0.310 e. The molecule has 1 nitrogen and oxygen atoms in total. The van der Waals surface area contributed by atoms with E-state index in [-0.39, 0.29) is 5.41 Å². The van der Waals surface area contributed by atoms with Gasteiger partial charge >= 0.3 is 0 Å².